The van der Waals surface area contributed by atoms with Crippen LogP contribution in [0.4, 0.5) is 0 Å². The van der Waals surface area contributed by atoms with E-state index in [1.54, 1.807) is 49.4 Å². The van der Waals surface area contributed by atoms with E-state index in [0.29, 0.717) is 16.5 Å². The van der Waals surface area contributed by atoms with Crippen LogP contribution in [0.2, 0.25) is 0 Å². The second kappa shape index (κ2) is 7.50. The lowest BCUT2D eigenvalue weighted by Crippen LogP contribution is -2.22. The first-order valence-corrected chi connectivity index (χ1v) is 10.1. The maximum absolute atomic E-state index is 13.5. The van der Waals surface area contributed by atoms with Crippen molar-refractivity contribution in [2.24, 2.45) is 0 Å². The number of ketones is 2. The molecule has 6 nitrogen and oxygen atoms in total. The summed E-state index contributed by atoms with van der Waals surface area (Å²) in [7, 11) is 1.42. The number of esters is 1. The fourth-order valence-corrected chi connectivity index (χ4v) is 4.16. The molecule has 1 aromatic heterocycles. The minimum absolute atomic E-state index is 0.0933. The molecule has 0 aliphatic heterocycles. The van der Waals surface area contributed by atoms with Gasteiger partial charge in [0.15, 0.2) is 11.6 Å². The van der Waals surface area contributed by atoms with Crippen molar-refractivity contribution >= 4 is 28.5 Å². The van der Waals surface area contributed by atoms with Crippen molar-refractivity contribution in [2.75, 3.05) is 13.7 Å². The van der Waals surface area contributed by atoms with Gasteiger partial charge in [0.05, 0.1) is 24.8 Å². The summed E-state index contributed by atoms with van der Waals surface area (Å²) in [5.41, 5.74) is 1.82. The smallest absolute Gasteiger partial charge is 0.342 e. The van der Waals surface area contributed by atoms with Crippen molar-refractivity contribution in [2.45, 2.75) is 6.92 Å². The molecule has 0 atom stereocenters. The van der Waals surface area contributed by atoms with Crippen LogP contribution < -0.4 is 4.74 Å². The van der Waals surface area contributed by atoms with Crippen molar-refractivity contribution in [3.63, 3.8) is 0 Å². The summed E-state index contributed by atoms with van der Waals surface area (Å²) in [4.78, 5) is 39.8. The largest absolute Gasteiger partial charge is 0.496 e. The summed E-state index contributed by atoms with van der Waals surface area (Å²) in [5.74, 6) is -0.797. The zero-order valence-electron chi connectivity index (χ0n) is 17.4. The summed E-state index contributed by atoms with van der Waals surface area (Å²) < 4.78 is 16.9. The molecule has 32 heavy (non-hydrogen) atoms. The number of furan rings is 1. The SMILES string of the molecule is CCOC(=O)c1c(-c2ccccc2)oc2c3c(c(OC)cc12)C(=O)c1ccccc1C3=O. The van der Waals surface area contributed by atoms with Crippen LogP contribution in [-0.4, -0.2) is 31.3 Å². The molecule has 0 N–H and O–H groups in total. The number of rotatable bonds is 4. The van der Waals surface area contributed by atoms with E-state index in [1.807, 2.05) is 18.2 Å². The molecule has 0 spiro atoms. The van der Waals surface area contributed by atoms with E-state index < -0.39 is 5.97 Å². The van der Waals surface area contributed by atoms with Crippen molar-refractivity contribution in [1.29, 1.82) is 0 Å². The van der Waals surface area contributed by atoms with Crippen LogP contribution >= 0.6 is 0 Å². The summed E-state index contributed by atoms with van der Waals surface area (Å²) >= 11 is 0. The van der Waals surface area contributed by atoms with Gasteiger partial charge >= 0.3 is 5.97 Å². The Labute approximate surface area is 183 Å². The predicted molar refractivity (Wildman–Crippen MR) is 117 cm³/mol. The Morgan fingerprint density at radius 2 is 1.53 bits per heavy atom. The molecule has 0 bridgehead atoms. The summed E-state index contributed by atoms with van der Waals surface area (Å²) in [6.45, 7) is 1.89. The van der Waals surface area contributed by atoms with Crippen LogP contribution in [-0.2, 0) is 4.74 Å². The molecular formula is C26H18O6. The highest BCUT2D eigenvalue weighted by Gasteiger charge is 2.37. The molecule has 5 rings (SSSR count). The van der Waals surface area contributed by atoms with Gasteiger partial charge in [-0.25, -0.2) is 4.79 Å². The van der Waals surface area contributed by atoms with E-state index in [2.05, 4.69) is 0 Å². The molecular weight excluding hydrogens is 408 g/mol. The van der Waals surface area contributed by atoms with Gasteiger partial charge in [0.2, 0.25) is 0 Å². The number of carbonyl (C=O) groups is 3. The highest BCUT2D eigenvalue weighted by Crippen LogP contribution is 2.43. The van der Waals surface area contributed by atoms with Gasteiger partial charge in [-0.15, -0.1) is 0 Å². The lowest BCUT2D eigenvalue weighted by atomic mass is 9.82. The van der Waals surface area contributed by atoms with Gasteiger partial charge in [-0.3, -0.25) is 9.59 Å². The topological polar surface area (TPSA) is 82.8 Å². The first kappa shape index (κ1) is 19.8. The molecule has 158 valence electrons. The predicted octanol–water partition coefficient (Wildman–Crippen LogP) is 5.06. The lowest BCUT2D eigenvalue weighted by Gasteiger charge is -2.19. The van der Waals surface area contributed by atoms with Gasteiger partial charge in [0, 0.05) is 22.1 Å². The molecule has 3 aromatic carbocycles. The Balaban J connectivity index is 1.90. The van der Waals surface area contributed by atoms with Gasteiger partial charge in [0.1, 0.15) is 22.7 Å². The standard InChI is InChI=1S/C26H18O6/c1-3-31-26(29)19-17-13-18(30-2)20-21(23(28)16-12-8-7-11-15(16)22(20)27)25(17)32-24(19)14-9-5-4-6-10-14/h4-13H,3H2,1-2H3. The maximum Gasteiger partial charge on any atom is 0.342 e. The van der Waals surface area contributed by atoms with Crippen LogP contribution in [0.1, 0.15) is 49.1 Å². The number of methoxy groups -OCH3 is 1. The number of carbonyl (C=O) groups excluding carboxylic acids is 3. The average molecular weight is 426 g/mol. The van der Waals surface area contributed by atoms with E-state index >= 15 is 0 Å². The third-order valence-electron chi connectivity index (χ3n) is 5.55. The summed E-state index contributed by atoms with van der Waals surface area (Å²) in [5, 5.41) is 0.360. The Bertz CT molecular complexity index is 1410. The molecule has 6 heteroatoms. The fourth-order valence-electron chi connectivity index (χ4n) is 4.16. The van der Waals surface area contributed by atoms with Gasteiger partial charge in [-0.05, 0) is 13.0 Å². The molecule has 1 aliphatic carbocycles. The van der Waals surface area contributed by atoms with E-state index in [1.165, 1.54) is 7.11 Å². The third-order valence-corrected chi connectivity index (χ3v) is 5.55. The zero-order valence-corrected chi connectivity index (χ0v) is 17.4. The lowest BCUT2D eigenvalue weighted by molar-refractivity contribution is 0.0528. The minimum Gasteiger partial charge on any atom is -0.496 e. The Morgan fingerprint density at radius 3 is 2.16 bits per heavy atom. The molecule has 1 heterocycles. The first-order valence-electron chi connectivity index (χ1n) is 10.1. The third kappa shape index (κ3) is 2.76. The van der Waals surface area contributed by atoms with Gasteiger partial charge < -0.3 is 13.9 Å². The summed E-state index contributed by atoms with van der Waals surface area (Å²) in [6.07, 6.45) is 0. The molecule has 1 aliphatic rings. The Morgan fingerprint density at radius 1 is 0.906 bits per heavy atom. The Kier molecular flexibility index (Phi) is 4.63. The average Bonchev–Trinajstić information content (AvgIpc) is 3.21. The quantitative estimate of drug-likeness (QED) is 0.374. The van der Waals surface area contributed by atoms with Crippen molar-refractivity contribution < 1.29 is 28.3 Å². The number of fused-ring (bicyclic) bond motifs is 4. The molecule has 4 aromatic rings. The summed E-state index contributed by atoms with van der Waals surface area (Å²) in [6, 6.07) is 17.3. The Hall–Kier alpha value is -4.19. The van der Waals surface area contributed by atoms with E-state index in [9.17, 15) is 14.4 Å². The second-order valence-corrected chi connectivity index (χ2v) is 7.30. The maximum atomic E-state index is 13.5. The molecule has 0 fully saturated rings. The monoisotopic (exact) mass is 426 g/mol. The molecule has 0 amide bonds. The van der Waals surface area contributed by atoms with Gasteiger partial charge in [0.25, 0.3) is 0 Å². The van der Waals surface area contributed by atoms with E-state index in [-0.39, 0.29) is 57.5 Å². The van der Waals surface area contributed by atoms with Crippen LogP contribution in [0.15, 0.2) is 65.1 Å². The highest BCUT2D eigenvalue weighted by molar-refractivity contribution is 6.33. The van der Waals surface area contributed by atoms with Gasteiger partial charge in [-0.1, -0.05) is 54.6 Å². The number of ether oxygens (including phenoxy) is 2. The number of benzene rings is 3. The highest BCUT2D eigenvalue weighted by atomic mass is 16.5. The first-order chi connectivity index (χ1) is 15.6. The van der Waals surface area contributed by atoms with Crippen LogP contribution in [0, 0.1) is 0 Å². The molecule has 0 unspecified atom stereocenters. The van der Waals surface area contributed by atoms with Crippen LogP contribution in [0.5, 0.6) is 5.75 Å². The van der Waals surface area contributed by atoms with Gasteiger partial charge in [-0.2, -0.15) is 0 Å². The fraction of sp³-hybridized carbons (Fsp3) is 0.115. The van der Waals surface area contributed by atoms with Crippen LogP contribution in [0.3, 0.4) is 0 Å². The zero-order chi connectivity index (χ0) is 22.4. The van der Waals surface area contributed by atoms with Crippen molar-refractivity contribution in [3.8, 4) is 17.1 Å². The number of hydrogen-bond donors (Lipinski definition) is 0. The normalized spacial score (nSPS) is 12.4. The minimum atomic E-state index is -0.581. The van der Waals surface area contributed by atoms with E-state index in [0.717, 1.165) is 0 Å². The number of hydrogen-bond acceptors (Lipinski definition) is 6. The van der Waals surface area contributed by atoms with Crippen LogP contribution in [0.25, 0.3) is 22.3 Å². The van der Waals surface area contributed by atoms with Crippen molar-refractivity contribution in [1.82, 2.24) is 0 Å². The molecule has 0 saturated carbocycles. The van der Waals surface area contributed by atoms with E-state index in [4.69, 9.17) is 13.9 Å². The molecule has 0 radical (unpaired) electrons. The second-order valence-electron chi connectivity index (χ2n) is 7.30. The molecule has 0 saturated heterocycles. The van der Waals surface area contributed by atoms with Crippen molar-refractivity contribution in [3.05, 3.63) is 88.5 Å².